The van der Waals surface area contributed by atoms with Crippen molar-refractivity contribution in [1.82, 2.24) is 15.2 Å². The van der Waals surface area contributed by atoms with Crippen LogP contribution in [0.25, 0.3) is 11.1 Å². The van der Waals surface area contributed by atoms with Crippen molar-refractivity contribution in [3.8, 4) is 6.07 Å². The van der Waals surface area contributed by atoms with Gasteiger partial charge in [-0.2, -0.15) is 10.4 Å². The Balaban J connectivity index is 1.66. The van der Waals surface area contributed by atoms with E-state index < -0.39 is 0 Å². The summed E-state index contributed by atoms with van der Waals surface area (Å²) in [5.74, 6) is 1.66. The highest BCUT2D eigenvalue weighted by molar-refractivity contribution is 5.72. The fraction of sp³-hybridized carbons (Fsp3) is 0.429. The van der Waals surface area contributed by atoms with E-state index in [4.69, 9.17) is 4.42 Å². The van der Waals surface area contributed by atoms with E-state index in [1.807, 2.05) is 31.2 Å². The molecule has 27 heavy (non-hydrogen) atoms. The second-order valence-electron chi connectivity index (χ2n) is 6.95. The lowest BCUT2D eigenvalue weighted by molar-refractivity contribution is 0.411. The fourth-order valence-corrected chi connectivity index (χ4v) is 3.94. The molecule has 1 aliphatic rings. The van der Waals surface area contributed by atoms with Crippen molar-refractivity contribution in [2.24, 2.45) is 0 Å². The summed E-state index contributed by atoms with van der Waals surface area (Å²) in [7, 11) is 0. The number of oxazole rings is 1. The largest absolute Gasteiger partial charge is 0.440 e. The van der Waals surface area contributed by atoms with Gasteiger partial charge in [-0.3, -0.25) is 0 Å². The third-order valence-corrected chi connectivity index (χ3v) is 5.32. The zero-order valence-electron chi connectivity index (χ0n) is 15.8. The van der Waals surface area contributed by atoms with Crippen LogP contribution in [0.4, 0.5) is 5.82 Å². The number of anilines is 1. The van der Waals surface area contributed by atoms with Gasteiger partial charge in [-0.25, -0.2) is 4.98 Å². The third-order valence-electron chi connectivity index (χ3n) is 5.32. The first-order chi connectivity index (χ1) is 13.2. The lowest BCUT2D eigenvalue weighted by atomic mass is 9.96. The molecule has 0 radical (unpaired) electrons. The zero-order chi connectivity index (χ0) is 18.8. The van der Waals surface area contributed by atoms with Crippen molar-refractivity contribution in [1.29, 1.82) is 5.26 Å². The molecule has 0 saturated carbocycles. The van der Waals surface area contributed by atoms with Gasteiger partial charge in [0.05, 0.1) is 11.6 Å². The summed E-state index contributed by atoms with van der Waals surface area (Å²) in [6.07, 6.45) is 3.60. The van der Waals surface area contributed by atoms with Crippen LogP contribution in [0.3, 0.4) is 0 Å². The van der Waals surface area contributed by atoms with E-state index in [0.717, 1.165) is 67.0 Å². The van der Waals surface area contributed by atoms with Crippen LogP contribution in [0.1, 0.15) is 55.3 Å². The molecule has 0 bridgehead atoms. The van der Waals surface area contributed by atoms with E-state index in [0.29, 0.717) is 11.4 Å². The van der Waals surface area contributed by atoms with Gasteiger partial charge in [0.15, 0.2) is 17.3 Å². The second-order valence-corrected chi connectivity index (χ2v) is 6.95. The molecule has 4 rings (SSSR count). The summed E-state index contributed by atoms with van der Waals surface area (Å²) in [6.45, 7) is 5.73. The molecule has 1 aromatic carbocycles. The number of hydrogen-bond acceptors (Lipinski definition) is 6. The Morgan fingerprint density at radius 3 is 2.81 bits per heavy atom. The molecule has 6 heteroatoms. The fourth-order valence-electron chi connectivity index (χ4n) is 3.94. The summed E-state index contributed by atoms with van der Waals surface area (Å²) in [5.41, 5.74) is 4.33. The van der Waals surface area contributed by atoms with Crippen LogP contribution in [-0.4, -0.2) is 28.3 Å². The van der Waals surface area contributed by atoms with Crippen LogP contribution in [-0.2, 0) is 12.8 Å². The molecule has 1 saturated heterocycles. The molecule has 2 aromatic heterocycles. The number of aromatic nitrogens is 3. The number of aryl methyl sites for hydroxylation is 1. The average Bonchev–Trinajstić information content (AvgIpc) is 3.17. The molecule has 0 N–H and O–H groups in total. The molecule has 1 unspecified atom stereocenters. The first kappa shape index (κ1) is 17.5. The summed E-state index contributed by atoms with van der Waals surface area (Å²) in [4.78, 5) is 6.85. The minimum Gasteiger partial charge on any atom is -0.440 e. The second kappa shape index (κ2) is 7.36. The van der Waals surface area contributed by atoms with Gasteiger partial charge < -0.3 is 9.32 Å². The van der Waals surface area contributed by atoms with Crippen molar-refractivity contribution in [2.75, 3.05) is 18.0 Å². The standard InChI is InChI=1S/C21H23N5O/c1-3-15-16(12-22)20(25-24-17(15)4-2)26-11-7-8-14(13-26)21-23-18-9-5-6-10-19(18)27-21/h5-6,9-10,14H,3-4,7-8,11,13H2,1-2H3. The number of rotatable bonds is 4. The molecule has 1 atom stereocenters. The van der Waals surface area contributed by atoms with E-state index >= 15 is 0 Å². The summed E-state index contributed by atoms with van der Waals surface area (Å²) < 4.78 is 5.99. The minimum atomic E-state index is 0.190. The molecule has 0 aliphatic carbocycles. The Labute approximate surface area is 158 Å². The molecule has 3 heterocycles. The summed E-state index contributed by atoms with van der Waals surface area (Å²) in [5, 5.41) is 18.6. The van der Waals surface area contributed by atoms with Gasteiger partial charge in [-0.1, -0.05) is 26.0 Å². The number of piperidine rings is 1. The van der Waals surface area contributed by atoms with Gasteiger partial charge in [-0.15, -0.1) is 5.10 Å². The maximum atomic E-state index is 9.78. The lowest BCUT2D eigenvalue weighted by Gasteiger charge is -2.32. The molecule has 0 spiro atoms. The number of hydrogen-bond donors (Lipinski definition) is 0. The smallest absolute Gasteiger partial charge is 0.200 e. The van der Waals surface area contributed by atoms with E-state index in [1.54, 1.807) is 0 Å². The Morgan fingerprint density at radius 2 is 2.07 bits per heavy atom. The Morgan fingerprint density at radius 1 is 1.22 bits per heavy atom. The van der Waals surface area contributed by atoms with Crippen molar-refractivity contribution in [2.45, 2.75) is 45.4 Å². The maximum Gasteiger partial charge on any atom is 0.200 e. The van der Waals surface area contributed by atoms with Crippen LogP contribution in [0.15, 0.2) is 28.7 Å². The van der Waals surface area contributed by atoms with Gasteiger partial charge in [-0.05, 0) is 43.4 Å². The molecule has 138 valence electrons. The van der Waals surface area contributed by atoms with Crippen molar-refractivity contribution >= 4 is 16.9 Å². The maximum absolute atomic E-state index is 9.78. The lowest BCUT2D eigenvalue weighted by Crippen LogP contribution is -2.36. The summed E-state index contributed by atoms with van der Waals surface area (Å²) >= 11 is 0. The van der Waals surface area contributed by atoms with E-state index in [1.165, 1.54) is 0 Å². The monoisotopic (exact) mass is 361 g/mol. The summed E-state index contributed by atoms with van der Waals surface area (Å²) in [6, 6.07) is 10.2. The predicted molar refractivity (Wildman–Crippen MR) is 104 cm³/mol. The van der Waals surface area contributed by atoms with Gasteiger partial charge in [0.2, 0.25) is 0 Å². The highest BCUT2D eigenvalue weighted by Crippen LogP contribution is 2.32. The molecule has 3 aromatic rings. The number of para-hydroxylation sites is 2. The van der Waals surface area contributed by atoms with Crippen LogP contribution < -0.4 is 4.90 Å². The predicted octanol–water partition coefficient (Wildman–Crippen LogP) is 4.00. The highest BCUT2D eigenvalue weighted by atomic mass is 16.3. The highest BCUT2D eigenvalue weighted by Gasteiger charge is 2.28. The average molecular weight is 361 g/mol. The Hall–Kier alpha value is -2.94. The van der Waals surface area contributed by atoms with E-state index in [9.17, 15) is 5.26 Å². The van der Waals surface area contributed by atoms with Crippen molar-refractivity contribution in [3.63, 3.8) is 0 Å². The molecule has 1 fully saturated rings. The topological polar surface area (TPSA) is 78.8 Å². The molecular weight excluding hydrogens is 338 g/mol. The normalized spacial score (nSPS) is 17.2. The number of nitrogens with zero attached hydrogens (tertiary/aromatic N) is 5. The Kier molecular flexibility index (Phi) is 4.76. The SMILES string of the molecule is CCc1nnc(N2CCCC(c3nc4ccccc4o3)C2)c(C#N)c1CC. The third kappa shape index (κ3) is 3.14. The molecule has 6 nitrogen and oxygen atoms in total. The van der Waals surface area contributed by atoms with E-state index in [-0.39, 0.29) is 5.92 Å². The number of benzene rings is 1. The molecular formula is C21H23N5O. The number of nitriles is 1. The van der Waals surface area contributed by atoms with Crippen LogP contribution in [0.5, 0.6) is 0 Å². The van der Waals surface area contributed by atoms with Crippen LogP contribution in [0, 0.1) is 11.3 Å². The minimum absolute atomic E-state index is 0.190. The number of fused-ring (bicyclic) bond motifs is 1. The first-order valence-electron chi connectivity index (χ1n) is 9.64. The Bertz CT molecular complexity index is 970. The quantitative estimate of drug-likeness (QED) is 0.699. The van der Waals surface area contributed by atoms with Gasteiger partial charge in [0, 0.05) is 13.1 Å². The van der Waals surface area contributed by atoms with Gasteiger partial charge >= 0.3 is 0 Å². The van der Waals surface area contributed by atoms with Gasteiger partial charge in [0.25, 0.3) is 0 Å². The van der Waals surface area contributed by atoms with E-state index in [2.05, 4.69) is 33.1 Å². The van der Waals surface area contributed by atoms with Gasteiger partial charge in [0.1, 0.15) is 17.1 Å². The van der Waals surface area contributed by atoms with Crippen molar-refractivity contribution < 1.29 is 4.42 Å². The zero-order valence-corrected chi connectivity index (χ0v) is 15.8. The molecule has 1 aliphatic heterocycles. The van der Waals surface area contributed by atoms with Crippen LogP contribution in [0.2, 0.25) is 0 Å². The molecule has 0 amide bonds. The van der Waals surface area contributed by atoms with Crippen molar-refractivity contribution in [3.05, 3.63) is 47.0 Å². The van der Waals surface area contributed by atoms with Crippen LogP contribution >= 0.6 is 0 Å². The first-order valence-corrected chi connectivity index (χ1v) is 9.64.